The van der Waals surface area contributed by atoms with Crippen molar-refractivity contribution in [3.8, 4) is 5.75 Å². The number of aliphatic hydroxyl groups excluding tert-OH is 1. The van der Waals surface area contributed by atoms with E-state index in [1.54, 1.807) is 7.11 Å². The largest absolute Gasteiger partial charge is 0.496 e. The molecule has 1 aromatic carbocycles. The first-order valence-electron chi connectivity index (χ1n) is 5.96. The molecule has 0 saturated carbocycles. The van der Waals surface area contributed by atoms with Gasteiger partial charge in [0.25, 0.3) is 0 Å². The van der Waals surface area contributed by atoms with Gasteiger partial charge in [-0.15, -0.1) is 0 Å². The molecule has 0 saturated heterocycles. The average molecular weight is 317 g/mol. The van der Waals surface area contributed by atoms with Gasteiger partial charge in [-0.2, -0.15) is 0 Å². The predicted molar refractivity (Wildman–Crippen MR) is 76.1 cm³/mol. The van der Waals surface area contributed by atoms with E-state index in [4.69, 9.17) is 9.47 Å². The van der Waals surface area contributed by atoms with Crippen LogP contribution in [0.15, 0.2) is 22.7 Å². The molecule has 0 spiro atoms. The molecule has 1 N–H and O–H groups in total. The topological polar surface area (TPSA) is 38.7 Å². The standard InChI is InChI=1S/C14H21BrO3/c1-14(2,3)18-9-11(16)7-10-5-6-13(17-4)12(15)8-10/h5-6,8,11,16H,7,9H2,1-4H3. The Morgan fingerprint density at radius 3 is 2.50 bits per heavy atom. The van der Waals surface area contributed by atoms with E-state index in [9.17, 15) is 5.11 Å². The van der Waals surface area contributed by atoms with Crippen LogP contribution in [0.3, 0.4) is 0 Å². The smallest absolute Gasteiger partial charge is 0.133 e. The summed E-state index contributed by atoms with van der Waals surface area (Å²) in [5, 5.41) is 9.91. The fourth-order valence-corrected chi connectivity index (χ4v) is 2.10. The van der Waals surface area contributed by atoms with Crippen LogP contribution in [0.2, 0.25) is 0 Å². The van der Waals surface area contributed by atoms with Crippen molar-refractivity contribution in [2.24, 2.45) is 0 Å². The van der Waals surface area contributed by atoms with Gasteiger partial charge in [-0.1, -0.05) is 6.07 Å². The maximum absolute atomic E-state index is 9.91. The van der Waals surface area contributed by atoms with Crippen molar-refractivity contribution in [3.05, 3.63) is 28.2 Å². The molecule has 18 heavy (non-hydrogen) atoms. The lowest BCUT2D eigenvalue weighted by molar-refractivity contribution is -0.0482. The van der Waals surface area contributed by atoms with Crippen LogP contribution in [-0.2, 0) is 11.2 Å². The number of ether oxygens (including phenoxy) is 2. The summed E-state index contributed by atoms with van der Waals surface area (Å²) in [5.74, 6) is 0.791. The summed E-state index contributed by atoms with van der Waals surface area (Å²) in [7, 11) is 1.63. The van der Waals surface area contributed by atoms with Gasteiger partial charge in [0, 0.05) is 6.42 Å². The van der Waals surface area contributed by atoms with Gasteiger partial charge in [0.2, 0.25) is 0 Å². The van der Waals surface area contributed by atoms with E-state index in [0.717, 1.165) is 15.8 Å². The summed E-state index contributed by atoms with van der Waals surface area (Å²) >= 11 is 3.43. The van der Waals surface area contributed by atoms with E-state index in [1.807, 2.05) is 39.0 Å². The zero-order valence-corrected chi connectivity index (χ0v) is 13.0. The lowest BCUT2D eigenvalue weighted by Gasteiger charge is -2.22. The molecular weight excluding hydrogens is 296 g/mol. The molecule has 4 heteroatoms. The number of benzene rings is 1. The van der Waals surface area contributed by atoms with E-state index < -0.39 is 6.10 Å². The van der Waals surface area contributed by atoms with E-state index >= 15 is 0 Å². The van der Waals surface area contributed by atoms with Gasteiger partial charge in [-0.3, -0.25) is 0 Å². The molecule has 102 valence electrons. The SMILES string of the molecule is COc1ccc(CC(O)COC(C)(C)C)cc1Br. The van der Waals surface area contributed by atoms with Crippen LogP contribution in [-0.4, -0.2) is 30.5 Å². The van der Waals surface area contributed by atoms with E-state index in [0.29, 0.717) is 13.0 Å². The summed E-state index contributed by atoms with van der Waals surface area (Å²) in [6.07, 6.45) is 0.0723. The molecule has 0 heterocycles. The Labute approximate surface area is 117 Å². The van der Waals surface area contributed by atoms with Crippen molar-refractivity contribution in [2.75, 3.05) is 13.7 Å². The second-order valence-electron chi connectivity index (χ2n) is 5.25. The van der Waals surface area contributed by atoms with E-state index in [-0.39, 0.29) is 5.60 Å². The van der Waals surface area contributed by atoms with Crippen LogP contribution in [0.25, 0.3) is 0 Å². The summed E-state index contributed by atoms with van der Waals surface area (Å²) in [6.45, 7) is 6.27. The third kappa shape index (κ3) is 5.38. The number of hydrogen-bond acceptors (Lipinski definition) is 3. The van der Waals surface area contributed by atoms with Crippen LogP contribution < -0.4 is 4.74 Å². The first-order valence-corrected chi connectivity index (χ1v) is 6.75. The van der Waals surface area contributed by atoms with Crippen LogP contribution in [0, 0.1) is 0 Å². The molecule has 1 aromatic rings. The second kappa shape index (κ2) is 6.55. The Bertz CT molecular complexity index is 385. The van der Waals surface area contributed by atoms with Gasteiger partial charge in [0.15, 0.2) is 0 Å². The van der Waals surface area contributed by atoms with E-state index in [2.05, 4.69) is 15.9 Å². The van der Waals surface area contributed by atoms with Crippen molar-refractivity contribution in [3.63, 3.8) is 0 Å². The lowest BCUT2D eigenvalue weighted by atomic mass is 10.1. The van der Waals surface area contributed by atoms with Crippen LogP contribution >= 0.6 is 15.9 Å². The molecule has 0 aromatic heterocycles. The fraction of sp³-hybridized carbons (Fsp3) is 0.571. The van der Waals surface area contributed by atoms with Gasteiger partial charge >= 0.3 is 0 Å². The minimum atomic E-state index is -0.496. The highest BCUT2D eigenvalue weighted by molar-refractivity contribution is 9.10. The zero-order valence-electron chi connectivity index (χ0n) is 11.4. The highest BCUT2D eigenvalue weighted by atomic mass is 79.9. The Morgan fingerprint density at radius 2 is 2.00 bits per heavy atom. The number of methoxy groups -OCH3 is 1. The number of hydrogen-bond donors (Lipinski definition) is 1. The number of rotatable bonds is 5. The maximum atomic E-state index is 9.91. The average Bonchev–Trinajstić information content (AvgIpc) is 2.26. The van der Waals surface area contributed by atoms with Crippen molar-refractivity contribution in [1.29, 1.82) is 0 Å². The molecule has 1 unspecified atom stereocenters. The Kier molecular flexibility index (Phi) is 5.63. The summed E-state index contributed by atoms with van der Waals surface area (Å²) < 4.78 is 11.6. The van der Waals surface area contributed by atoms with Gasteiger partial charge in [-0.25, -0.2) is 0 Å². The van der Waals surface area contributed by atoms with Crippen LogP contribution in [0.4, 0.5) is 0 Å². The summed E-state index contributed by atoms with van der Waals surface area (Å²) in [4.78, 5) is 0. The predicted octanol–water partition coefficient (Wildman–Crippen LogP) is 3.18. The maximum Gasteiger partial charge on any atom is 0.133 e. The molecule has 1 rings (SSSR count). The Hall–Kier alpha value is -0.580. The fourth-order valence-electron chi connectivity index (χ4n) is 1.51. The van der Waals surface area contributed by atoms with Gasteiger partial charge in [0.05, 0.1) is 29.9 Å². The molecule has 0 aliphatic heterocycles. The molecule has 0 fully saturated rings. The third-order valence-corrected chi connectivity index (χ3v) is 3.02. The highest BCUT2D eigenvalue weighted by Crippen LogP contribution is 2.26. The minimum Gasteiger partial charge on any atom is -0.496 e. The Morgan fingerprint density at radius 1 is 1.33 bits per heavy atom. The molecule has 3 nitrogen and oxygen atoms in total. The van der Waals surface area contributed by atoms with Crippen molar-refractivity contribution in [1.82, 2.24) is 0 Å². The second-order valence-corrected chi connectivity index (χ2v) is 6.10. The molecule has 0 bridgehead atoms. The van der Waals surface area contributed by atoms with Gasteiger partial charge < -0.3 is 14.6 Å². The molecular formula is C14H21BrO3. The number of aliphatic hydroxyl groups is 1. The summed E-state index contributed by atoms with van der Waals surface area (Å²) in [6, 6.07) is 5.79. The first kappa shape index (κ1) is 15.5. The molecule has 0 aliphatic carbocycles. The monoisotopic (exact) mass is 316 g/mol. The molecule has 0 aliphatic rings. The third-order valence-electron chi connectivity index (χ3n) is 2.40. The molecule has 0 amide bonds. The normalized spacial score (nSPS) is 13.4. The van der Waals surface area contributed by atoms with Crippen LogP contribution in [0.1, 0.15) is 26.3 Å². The van der Waals surface area contributed by atoms with Crippen molar-refractivity contribution < 1.29 is 14.6 Å². The zero-order chi connectivity index (χ0) is 13.8. The van der Waals surface area contributed by atoms with Gasteiger partial charge in [-0.05, 0) is 54.4 Å². The van der Waals surface area contributed by atoms with Crippen LogP contribution in [0.5, 0.6) is 5.75 Å². The lowest BCUT2D eigenvalue weighted by Crippen LogP contribution is -2.27. The highest BCUT2D eigenvalue weighted by Gasteiger charge is 2.14. The first-order chi connectivity index (χ1) is 8.31. The Balaban J connectivity index is 2.54. The minimum absolute atomic E-state index is 0.221. The molecule has 0 radical (unpaired) electrons. The summed E-state index contributed by atoms with van der Waals surface area (Å²) in [5.41, 5.74) is 0.828. The van der Waals surface area contributed by atoms with Crippen molar-refractivity contribution >= 4 is 15.9 Å². The number of halogens is 1. The van der Waals surface area contributed by atoms with E-state index in [1.165, 1.54) is 0 Å². The van der Waals surface area contributed by atoms with Gasteiger partial charge in [0.1, 0.15) is 5.75 Å². The molecule has 1 atom stereocenters. The quantitative estimate of drug-likeness (QED) is 0.906. The van der Waals surface area contributed by atoms with Crippen molar-refractivity contribution in [2.45, 2.75) is 38.9 Å².